The summed E-state index contributed by atoms with van der Waals surface area (Å²) in [6.45, 7) is 5.93. The number of aromatic nitrogens is 5. The Morgan fingerprint density at radius 3 is 1.98 bits per heavy atom. The summed E-state index contributed by atoms with van der Waals surface area (Å²) in [6, 6.07) is 7.06. The molecule has 214 valence electrons. The van der Waals surface area contributed by atoms with Crippen LogP contribution in [-0.4, -0.2) is 107 Å². The molecule has 2 aromatic heterocycles. The predicted octanol–water partition coefficient (Wildman–Crippen LogP) is 0.835. The maximum atomic E-state index is 12.8. The van der Waals surface area contributed by atoms with Crippen LogP contribution in [-0.2, 0) is 14.3 Å². The normalized spacial score (nSPS) is 19.3. The molecule has 41 heavy (non-hydrogen) atoms. The van der Waals surface area contributed by atoms with Crippen LogP contribution in [0.25, 0.3) is 11.4 Å². The zero-order chi connectivity index (χ0) is 28.2. The SMILES string of the molecule is NC(=O)[C@@H]1CCCN1C(=O)c1cnc(Nc2ccc(-c3nc(N4CCOCC4)nc(N4CCOCC4)n3)cc2)nc1. The third-order valence-corrected chi connectivity index (χ3v) is 7.34. The Morgan fingerprint density at radius 1 is 0.829 bits per heavy atom. The quantitative estimate of drug-likeness (QED) is 0.419. The summed E-state index contributed by atoms with van der Waals surface area (Å²) in [6.07, 6.45) is 4.22. The van der Waals surface area contributed by atoms with E-state index in [2.05, 4.69) is 25.1 Å². The van der Waals surface area contributed by atoms with Gasteiger partial charge in [-0.2, -0.15) is 15.0 Å². The fraction of sp³-hybridized carbons (Fsp3) is 0.444. The molecule has 3 aliphatic heterocycles. The number of hydrogen-bond acceptors (Lipinski definition) is 12. The number of morpholine rings is 2. The van der Waals surface area contributed by atoms with Crippen LogP contribution in [0.4, 0.5) is 23.5 Å². The Bertz CT molecular complexity index is 1340. The minimum Gasteiger partial charge on any atom is -0.378 e. The first kappa shape index (κ1) is 26.8. The summed E-state index contributed by atoms with van der Waals surface area (Å²) >= 11 is 0. The highest BCUT2D eigenvalue weighted by atomic mass is 16.5. The van der Waals surface area contributed by atoms with E-state index in [1.54, 1.807) is 0 Å². The summed E-state index contributed by atoms with van der Waals surface area (Å²) in [4.78, 5) is 53.2. The Kier molecular flexibility index (Phi) is 7.82. The number of primary amides is 1. The van der Waals surface area contributed by atoms with E-state index < -0.39 is 11.9 Å². The lowest BCUT2D eigenvalue weighted by Crippen LogP contribution is -2.43. The molecule has 0 spiro atoms. The van der Waals surface area contributed by atoms with Gasteiger partial charge in [0, 0.05) is 56.4 Å². The molecule has 3 saturated heterocycles. The summed E-state index contributed by atoms with van der Waals surface area (Å²) in [5.41, 5.74) is 7.36. The number of anilines is 4. The number of hydrogen-bond donors (Lipinski definition) is 2. The van der Waals surface area contributed by atoms with Crippen LogP contribution in [0.15, 0.2) is 36.7 Å². The summed E-state index contributed by atoms with van der Waals surface area (Å²) in [5, 5.41) is 3.15. The lowest BCUT2D eigenvalue weighted by Gasteiger charge is -2.30. The van der Waals surface area contributed by atoms with E-state index in [9.17, 15) is 9.59 Å². The van der Waals surface area contributed by atoms with Crippen molar-refractivity contribution in [2.24, 2.45) is 5.73 Å². The smallest absolute Gasteiger partial charge is 0.257 e. The van der Waals surface area contributed by atoms with Gasteiger partial charge in [-0.15, -0.1) is 0 Å². The number of carbonyl (C=O) groups excluding carboxylic acids is 2. The molecule has 6 rings (SSSR count). The van der Waals surface area contributed by atoms with Gasteiger partial charge in [0.25, 0.3) is 5.91 Å². The van der Waals surface area contributed by atoms with E-state index in [0.29, 0.717) is 68.6 Å². The first-order valence-corrected chi connectivity index (χ1v) is 13.8. The van der Waals surface area contributed by atoms with Gasteiger partial charge >= 0.3 is 0 Å². The topological polar surface area (TPSA) is 165 Å². The Hall–Kier alpha value is -4.43. The van der Waals surface area contributed by atoms with Crippen molar-refractivity contribution < 1.29 is 19.1 Å². The largest absolute Gasteiger partial charge is 0.378 e. The van der Waals surface area contributed by atoms with E-state index in [1.165, 1.54) is 17.3 Å². The van der Waals surface area contributed by atoms with Crippen molar-refractivity contribution in [2.45, 2.75) is 18.9 Å². The third-order valence-electron chi connectivity index (χ3n) is 7.34. The van der Waals surface area contributed by atoms with E-state index in [1.807, 2.05) is 24.3 Å². The van der Waals surface area contributed by atoms with Crippen molar-refractivity contribution in [1.29, 1.82) is 0 Å². The van der Waals surface area contributed by atoms with Gasteiger partial charge in [-0.1, -0.05) is 0 Å². The molecule has 3 aromatic rings. The van der Waals surface area contributed by atoms with Crippen LogP contribution in [0.3, 0.4) is 0 Å². The fourth-order valence-electron chi connectivity index (χ4n) is 5.10. The van der Waals surface area contributed by atoms with Crippen LogP contribution < -0.4 is 20.9 Å². The highest BCUT2D eigenvalue weighted by Gasteiger charge is 2.33. The van der Waals surface area contributed by atoms with E-state index in [0.717, 1.165) is 43.9 Å². The number of nitrogens with two attached hydrogens (primary N) is 1. The van der Waals surface area contributed by atoms with Crippen molar-refractivity contribution >= 4 is 35.3 Å². The number of carbonyl (C=O) groups is 2. The molecule has 1 aromatic carbocycles. The zero-order valence-corrected chi connectivity index (χ0v) is 22.6. The average Bonchev–Trinajstić information content (AvgIpc) is 3.53. The van der Waals surface area contributed by atoms with Gasteiger partial charge in [0.2, 0.25) is 23.8 Å². The van der Waals surface area contributed by atoms with E-state index in [-0.39, 0.29) is 5.91 Å². The van der Waals surface area contributed by atoms with E-state index >= 15 is 0 Å². The molecule has 0 radical (unpaired) electrons. The average molecular weight is 561 g/mol. The molecule has 5 heterocycles. The maximum absolute atomic E-state index is 12.8. The first-order valence-electron chi connectivity index (χ1n) is 13.8. The van der Waals surface area contributed by atoms with E-state index in [4.69, 9.17) is 30.2 Å². The molecule has 0 aliphatic carbocycles. The van der Waals surface area contributed by atoms with Gasteiger partial charge in [-0.05, 0) is 37.1 Å². The molecular formula is C27H32N10O4. The van der Waals surface area contributed by atoms with Crippen molar-refractivity contribution in [2.75, 3.05) is 74.3 Å². The summed E-state index contributed by atoms with van der Waals surface area (Å²) < 4.78 is 11.0. The highest BCUT2D eigenvalue weighted by Crippen LogP contribution is 2.25. The molecule has 0 bridgehead atoms. The highest BCUT2D eigenvalue weighted by molar-refractivity contribution is 5.97. The minimum atomic E-state index is -0.585. The lowest BCUT2D eigenvalue weighted by atomic mass is 10.2. The summed E-state index contributed by atoms with van der Waals surface area (Å²) in [7, 11) is 0. The molecule has 14 nitrogen and oxygen atoms in total. The monoisotopic (exact) mass is 560 g/mol. The van der Waals surface area contributed by atoms with Crippen molar-refractivity contribution in [1.82, 2.24) is 29.8 Å². The number of nitrogens with zero attached hydrogens (tertiary/aromatic N) is 8. The molecular weight excluding hydrogens is 528 g/mol. The van der Waals surface area contributed by atoms with Crippen LogP contribution in [0.2, 0.25) is 0 Å². The standard InChI is InChI=1S/C27H32N10O4/c28-22(38)21-2-1-7-37(21)24(39)19-16-29-25(30-17-19)31-20-5-3-18(4-6-20)23-32-26(35-8-12-40-13-9-35)34-27(33-23)36-10-14-41-15-11-36/h3-6,16-17,21H,1-2,7-15H2,(H2,28,38)(H,29,30,31)/t21-/m0/s1. The predicted molar refractivity (Wildman–Crippen MR) is 150 cm³/mol. The molecule has 2 amide bonds. The van der Waals surface area contributed by atoms with Gasteiger partial charge in [0.05, 0.1) is 32.0 Å². The number of rotatable bonds is 7. The van der Waals surface area contributed by atoms with Gasteiger partial charge < -0.3 is 35.2 Å². The first-order chi connectivity index (χ1) is 20.0. The zero-order valence-electron chi connectivity index (χ0n) is 22.6. The molecule has 3 aliphatic rings. The molecule has 0 unspecified atom stereocenters. The molecule has 3 N–H and O–H groups in total. The molecule has 14 heteroatoms. The Labute approximate surface area is 236 Å². The second-order valence-electron chi connectivity index (χ2n) is 10.0. The van der Waals surface area contributed by atoms with Gasteiger partial charge in [-0.25, -0.2) is 9.97 Å². The van der Waals surface area contributed by atoms with Gasteiger partial charge in [0.15, 0.2) is 5.82 Å². The van der Waals surface area contributed by atoms with Crippen LogP contribution in [0.5, 0.6) is 0 Å². The molecule has 3 fully saturated rings. The Morgan fingerprint density at radius 2 is 1.41 bits per heavy atom. The molecule has 1 atom stereocenters. The van der Waals surface area contributed by atoms with Gasteiger partial charge in [-0.3, -0.25) is 9.59 Å². The third kappa shape index (κ3) is 6.02. The van der Waals surface area contributed by atoms with Crippen LogP contribution in [0, 0.1) is 0 Å². The number of benzene rings is 1. The minimum absolute atomic E-state index is 0.299. The van der Waals surface area contributed by atoms with Crippen molar-refractivity contribution in [3.05, 3.63) is 42.2 Å². The second-order valence-corrected chi connectivity index (χ2v) is 10.0. The van der Waals surface area contributed by atoms with Crippen LogP contribution in [0.1, 0.15) is 23.2 Å². The van der Waals surface area contributed by atoms with Crippen molar-refractivity contribution in [3.63, 3.8) is 0 Å². The second kappa shape index (κ2) is 12.0. The number of ether oxygens (including phenoxy) is 2. The number of nitrogens with one attached hydrogen (secondary N) is 1. The number of likely N-dealkylation sites (tertiary alicyclic amines) is 1. The van der Waals surface area contributed by atoms with Crippen molar-refractivity contribution in [3.8, 4) is 11.4 Å². The lowest BCUT2D eigenvalue weighted by molar-refractivity contribution is -0.121. The van der Waals surface area contributed by atoms with Gasteiger partial charge in [0.1, 0.15) is 6.04 Å². The maximum Gasteiger partial charge on any atom is 0.257 e. The Balaban J connectivity index is 1.17. The molecule has 0 saturated carbocycles. The van der Waals surface area contributed by atoms with Crippen LogP contribution >= 0.6 is 0 Å². The number of amides is 2. The summed E-state index contributed by atoms with van der Waals surface area (Å²) in [5.74, 6) is 1.41. The fourth-order valence-corrected chi connectivity index (χ4v) is 5.10.